The Morgan fingerprint density at radius 1 is 1.19 bits per heavy atom. The third kappa shape index (κ3) is 6.12. The van der Waals surface area contributed by atoms with Crippen molar-refractivity contribution in [2.75, 3.05) is 13.7 Å². The van der Waals surface area contributed by atoms with Crippen molar-refractivity contribution in [1.82, 2.24) is 0 Å². The second kappa shape index (κ2) is 9.63. The van der Waals surface area contributed by atoms with Gasteiger partial charge in [0, 0.05) is 19.6 Å². The van der Waals surface area contributed by atoms with Crippen LogP contribution in [0.5, 0.6) is 0 Å². The zero-order valence-corrected chi connectivity index (χ0v) is 14.8. The van der Waals surface area contributed by atoms with Crippen molar-refractivity contribution in [2.45, 2.75) is 72.3 Å². The fourth-order valence-corrected chi connectivity index (χ4v) is 3.84. The molecule has 0 amide bonds. The van der Waals surface area contributed by atoms with Crippen molar-refractivity contribution in [2.24, 2.45) is 23.7 Å². The molecule has 2 nitrogen and oxygen atoms in total. The largest absolute Gasteiger partial charge is 0.396 e. The molecule has 1 fully saturated rings. The molecule has 0 aromatic rings. The van der Waals surface area contributed by atoms with Crippen LogP contribution in [0, 0.1) is 23.7 Å². The minimum Gasteiger partial charge on any atom is -0.396 e. The van der Waals surface area contributed by atoms with Gasteiger partial charge in [-0.2, -0.15) is 0 Å². The van der Waals surface area contributed by atoms with Crippen molar-refractivity contribution < 1.29 is 9.84 Å². The molecule has 0 aromatic carbocycles. The van der Waals surface area contributed by atoms with Crippen LogP contribution in [0.25, 0.3) is 0 Å². The first kappa shape index (κ1) is 18.7. The fraction of sp³-hybridized carbons (Fsp3) is 0.895. The Morgan fingerprint density at radius 3 is 2.33 bits per heavy atom. The molecule has 1 saturated carbocycles. The van der Waals surface area contributed by atoms with Crippen molar-refractivity contribution >= 4 is 0 Å². The summed E-state index contributed by atoms with van der Waals surface area (Å²) in [6, 6.07) is 0. The van der Waals surface area contributed by atoms with E-state index in [-0.39, 0.29) is 6.61 Å². The normalized spacial score (nSPS) is 23.6. The molecule has 0 radical (unpaired) electrons. The van der Waals surface area contributed by atoms with Gasteiger partial charge >= 0.3 is 0 Å². The quantitative estimate of drug-likeness (QED) is 0.651. The zero-order chi connectivity index (χ0) is 15.8. The minimum absolute atomic E-state index is 0.288. The SMILES string of the molecule is CO[C@H](C1CCCCC1)[C@@H](C)/C=C(\C)[C@@H](C)C[C@H](C)CO. The summed E-state index contributed by atoms with van der Waals surface area (Å²) >= 11 is 0. The summed E-state index contributed by atoms with van der Waals surface area (Å²) < 4.78 is 5.85. The van der Waals surface area contributed by atoms with Gasteiger partial charge in [-0.15, -0.1) is 0 Å². The molecule has 0 unspecified atom stereocenters. The molecule has 0 saturated heterocycles. The predicted octanol–water partition coefficient (Wildman–Crippen LogP) is 4.82. The van der Waals surface area contributed by atoms with Crippen LogP contribution >= 0.6 is 0 Å². The van der Waals surface area contributed by atoms with E-state index in [9.17, 15) is 5.11 Å². The van der Waals surface area contributed by atoms with Gasteiger partial charge in [-0.3, -0.25) is 0 Å². The van der Waals surface area contributed by atoms with E-state index in [0.717, 1.165) is 12.3 Å². The van der Waals surface area contributed by atoms with E-state index in [1.165, 1.54) is 37.7 Å². The third-order valence-corrected chi connectivity index (χ3v) is 5.28. The Labute approximate surface area is 132 Å². The van der Waals surface area contributed by atoms with Crippen molar-refractivity contribution in [1.29, 1.82) is 0 Å². The highest BCUT2D eigenvalue weighted by atomic mass is 16.5. The van der Waals surface area contributed by atoms with Crippen LogP contribution in [0.3, 0.4) is 0 Å². The maximum absolute atomic E-state index is 9.20. The monoisotopic (exact) mass is 296 g/mol. The molecule has 2 heteroatoms. The van der Waals surface area contributed by atoms with E-state index in [0.29, 0.717) is 23.9 Å². The highest BCUT2D eigenvalue weighted by molar-refractivity contribution is 5.06. The van der Waals surface area contributed by atoms with Gasteiger partial charge in [0.05, 0.1) is 6.10 Å². The van der Waals surface area contributed by atoms with Crippen LogP contribution < -0.4 is 0 Å². The zero-order valence-electron chi connectivity index (χ0n) is 14.8. The third-order valence-electron chi connectivity index (χ3n) is 5.28. The first-order valence-corrected chi connectivity index (χ1v) is 8.81. The number of methoxy groups -OCH3 is 1. The average Bonchev–Trinajstić information content (AvgIpc) is 2.48. The van der Waals surface area contributed by atoms with Crippen LogP contribution in [0.2, 0.25) is 0 Å². The first-order chi connectivity index (χ1) is 9.99. The second-order valence-corrected chi connectivity index (χ2v) is 7.29. The molecule has 1 rings (SSSR count). The van der Waals surface area contributed by atoms with Gasteiger partial charge in [-0.1, -0.05) is 51.7 Å². The number of allylic oxidation sites excluding steroid dienone is 1. The van der Waals surface area contributed by atoms with E-state index < -0.39 is 0 Å². The van der Waals surface area contributed by atoms with Crippen LogP contribution in [0.4, 0.5) is 0 Å². The predicted molar refractivity (Wildman–Crippen MR) is 90.3 cm³/mol. The smallest absolute Gasteiger partial charge is 0.0659 e. The number of hydrogen-bond acceptors (Lipinski definition) is 2. The van der Waals surface area contributed by atoms with Crippen molar-refractivity contribution in [3.8, 4) is 0 Å². The van der Waals surface area contributed by atoms with Gasteiger partial charge in [0.25, 0.3) is 0 Å². The molecule has 1 aliphatic rings. The number of rotatable bonds is 8. The molecule has 21 heavy (non-hydrogen) atoms. The van der Waals surface area contributed by atoms with Crippen LogP contribution in [-0.4, -0.2) is 24.9 Å². The molecule has 0 bridgehead atoms. The topological polar surface area (TPSA) is 29.5 Å². The summed E-state index contributed by atoms with van der Waals surface area (Å²) in [6.07, 6.45) is 10.6. The van der Waals surface area contributed by atoms with E-state index in [2.05, 4.69) is 33.8 Å². The fourth-order valence-electron chi connectivity index (χ4n) is 3.84. The Morgan fingerprint density at radius 2 is 1.81 bits per heavy atom. The summed E-state index contributed by atoms with van der Waals surface area (Å²) in [5.74, 6) is 2.13. The maximum Gasteiger partial charge on any atom is 0.0659 e. The lowest BCUT2D eigenvalue weighted by atomic mass is 9.79. The van der Waals surface area contributed by atoms with E-state index in [1.54, 1.807) is 0 Å². The summed E-state index contributed by atoms with van der Waals surface area (Å²) in [5, 5.41) is 9.20. The lowest BCUT2D eigenvalue weighted by molar-refractivity contribution is 0.0114. The second-order valence-electron chi connectivity index (χ2n) is 7.29. The van der Waals surface area contributed by atoms with E-state index >= 15 is 0 Å². The summed E-state index contributed by atoms with van der Waals surface area (Å²) in [4.78, 5) is 0. The Kier molecular flexibility index (Phi) is 8.58. The van der Waals surface area contributed by atoms with Crippen LogP contribution in [-0.2, 0) is 4.74 Å². The molecular formula is C19H36O2. The summed E-state index contributed by atoms with van der Waals surface area (Å²) in [5.41, 5.74) is 1.45. The molecule has 0 aliphatic heterocycles. The molecule has 0 heterocycles. The lowest BCUT2D eigenvalue weighted by Gasteiger charge is -2.32. The minimum atomic E-state index is 0.288. The summed E-state index contributed by atoms with van der Waals surface area (Å²) in [7, 11) is 1.87. The van der Waals surface area contributed by atoms with Crippen molar-refractivity contribution in [3.05, 3.63) is 11.6 Å². The Bertz CT molecular complexity index is 305. The van der Waals surface area contributed by atoms with Gasteiger partial charge < -0.3 is 9.84 Å². The van der Waals surface area contributed by atoms with Crippen LogP contribution in [0.1, 0.15) is 66.2 Å². The Balaban J connectivity index is 2.61. The lowest BCUT2D eigenvalue weighted by Crippen LogP contribution is -2.30. The van der Waals surface area contributed by atoms with Crippen molar-refractivity contribution in [3.63, 3.8) is 0 Å². The van der Waals surface area contributed by atoms with E-state index in [4.69, 9.17) is 4.74 Å². The highest BCUT2D eigenvalue weighted by Crippen LogP contribution is 2.32. The van der Waals surface area contributed by atoms with E-state index in [1.807, 2.05) is 7.11 Å². The molecule has 0 spiro atoms. The summed E-state index contributed by atoms with van der Waals surface area (Å²) in [6.45, 7) is 9.21. The molecule has 1 N–H and O–H groups in total. The van der Waals surface area contributed by atoms with Gasteiger partial charge in [0.2, 0.25) is 0 Å². The van der Waals surface area contributed by atoms with Gasteiger partial charge in [0.15, 0.2) is 0 Å². The highest BCUT2D eigenvalue weighted by Gasteiger charge is 2.27. The standard InChI is InChI=1S/C19H36O2/c1-14(13-20)11-15(2)16(3)12-17(4)19(21-5)18-9-7-6-8-10-18/h12,14-15,17-20H,6-11,13H2,1-5H3/b16-12+/t14-,15-,17-,19-/m0/s1. The molecule has 0 aromatic heterocycles. The molecule has 1 aliphatic carbocycles. The number of hydrogen-bond donors (Lipinski definition) is 1. The Hall–Kier alpha value is -0.340. The molecular weight excluding hydrogens is 260 g/mol. The van der Waals surface area contributed by atoms with Gasteiger partial charge in [-0.05, 0) is 43.9 Å². The molecule has 124 valence electrons. The number of ether oxygens (including phenoxy) is 1. The first-order valence-electron chi connectivity index (χ1n) is 8.81. The number of aliphatic hydroxyl groups excluding tert-OH is 1. The molecule has 4 atom stereocenters. The maximum atomic E-state index is 9.20. The van der Waals surface area contributed by atoms with Gasteiger partial charge in [0.1, 0.15) is 0 Å². The average molecular weight is 296 g/mol. The number of aliphatic hydroxyl groups is 1. The van der Waals surface area contributed by atoms with Crippen LogP contribution in [0.15, 0.2) is 11.6 Å². The van der Waals surface area contributed by atoms with Gasteiger partial charge in [-0.25, -0.2) is 0 Å².